The Morgan fingerprint density at radius 2 is 0.964 bits per heavy atom. The van der Waals surface area contributed by atoms with E-state index >= 15 is 0 Å². The summed E-state index contributed by atoms with van der Waals surface area (Å²) in [5.41, 5.74) is 4.42. The van der Waals surface area contributed by atoms with Crippen LogP contribution >= 0.6 is 14.3 Å². The van der Waals surface area contributed by atoms with Crippen LogP contribution in [0.4, 0.5) is 0 Å². The molecule has 2 unspecified atom stereocenters. The number of fused-ring (bicyclic) bond motifs is 2. The predicted molar refractivity (Wildman–Crippen MR) is 120 cm³/mol. The van der Waals surface area contributed by atoms with Gasteiger partial charge in [-0.3, -0.25) is 0 Å². The molecule has 0 radical (unpaired) electrons. The van der Waals surface area contributed by atoms with Crippen molar-refractivity contribution in [1.29, 1.82) is 0 Å². The molecule has 4 atom stereocenters. The minimum atomic E-state index is -2.67. The summed E-state index contributed by atoms with van der Waals surface area (Å²) in [5, 5.41) is -0.645. The second kappa shape index (κ2) is 6.20. The van der Waals surface area contributed by atoms with Crippen LogP contribution in [0.5, 0.6) is 0 Å². The van der Waals surface area contributed by atoms with E-state index in [4.69, 9.17) is 0 Å². The van der Waals surface area contributed by atoms with Gasteiger partial charge in [0, 0.05) is 22.6 Å². The molecule has 2 aromatic rings. The monoisotopic (exact) mass is 414 g/mol. The summed E-state index contributed by atoms with van der Waals surface area (Å²) in [6.07, 6.45) is 1.25. The molecule has 0 aromatic heterocycles. The molecular weight excluding hydrogens is 382 g/mol. The molecule has 28 heavy (non-hydrogen) atoms. The molecule has 150 valence electrons. The third-order valence-corrected chi connectivity index (χ3v) is 16.4. The Kier molecular flexibility index (Phi) is 4.47. The molecule has 4 rings (SSSR count). The van der Waals surface area contributed by atoms with Gasteiger partial charge in [-0.05, 0) is 22.3 Å². The lowest BCUT2D eigenvalue weighted by molar-refractivity contribution is 0.521. The minimum Gasteiger partial charge on any atom is -0.322 e. The van der Waals surface area contributed by atoms with Crippen molar-refractivity contribution in [3.63, 3.8) is 0 Å². The van der Waals surface area contributed by atoms with E-state index in [1.165, 1.54) is 22.3 Å². The van der Waals surface area contributed by atoms with Crippen molar-refractivity contribution >= 4 is 14.3 Å². The second-order valence-corrected chi connectivity index (χ2v) is 18.1. The van der Waals surface area contributed by atoms with Gasteiger partial charge in [0.25, 0.3) is 0 Å². The first-order valence-corrected chi connectivity index (χ1v) is 14.2. The maximum atomic E-state index is 14.7. The van der Waals surface area contributed by atoms with Crippen LogP contribution in [-0.4, -0.2) is 10.3 Å². The summed E-state index contributed by atoms with van der Waals surface area (Å²) in [6.45, 7) is 12.6. The maximum Gasteiger partial charge on any atom is 0.105 e. The van der Waals surface area contributed by atoms with Crippen LogP contribution in [0.3, 0.4) is 0 Å². The van der Waals surface area contributed by atoms with Crippen LogP contribution in [0, 0.1) is 0 Å². The molecule has 0 N–H and O–H groups in total. The fourth-order valence-corrected chi connectivity index (χ4v) is 13.7. The van der Waals surface area contributed by atoms with E-state index in [9.17, 15) is 9.13 Å². The summed E-state index contributed by atoms with van der Waals surface area (Å²) in [6, 6.07) is 16.7. The summed E-state index contributed by atoms with van der Waals surface area (Å²) < 4.78 is 29.4. The SMILES string of the molecule is CC(C)(C)P1(=O)Cc2ccccc2[C@H]1[C@@H]1c2ccccc2CP1(=O)C(C)(C)C. The van der Waals surface area contributed by atoms with E-state index < -0.39 is 14.3 Å². The zero-order valence-electron chi connectivity index (χ0n) is 17.9. The predicted octanol–water partition coefficient (Wildman–Crippen LogP) is 7.82. The van der Waals surface area contributed by atoms with E-state index in [2.05, 4.69) is 65.8 Å². The fourth-order valence-electron chi connectivity index (χ4n) is 5.19. The highest BCUT2D eigenvalue weighted by Crippen LogP contribution is 2.87. The molecule has 0 spiro atoms. The van der Waals surface area contributed by atoms with Crippen LogP contribution in [0.25, 0.3) is 0 Å². The second-order valence-electron chi connectivity index (χ2n) is 10.5. The van der Waals surface area contributed by atoms with Gasteiger partial charge in [0.2, 0.25) is 0 Å². The normalized spacial score (nSPS) is 32.2. The smallest absolute Gasteiger partial charge is 0.105 e. The van der Waals surface area contributed by atoms with Crippen LogP contribution < -0.4 is 0 Å². The van der Waals surface area contributed by atoms with Gasteiger partial charge in [0.15, 0.2) is 0 Å². The summed E-state index contributed by atoms with van der Waals surface area (Å²) in [4.78, 5) is 0. The summed E-state index contributed by atoms with van der Waals surface area (Å²) in [7, 11) is -5.34. The first-order chi connectivity index (χ1) is 12.9. The molecule has 2 aromatic carbocycles. The highest BCUT2D eigenvalue weighted by atomic mass is 31.2. The number of rotatable bonds is 1. The van der Waals surface area contributed by atoms with E-state index in [0.717, 1.165) is 0 Å². The van der Waals surface area contributed by atoms with E-state index in [1.54, 1.807) is 0 Å². The van der Waals surface area contributed by atoms with Crippen LogP contribution in [0.1, 0.15) is 75.1 Å². The highest BCUT2D eigenvalue weighted by molar-refractivity contribution is 7.69. The van der Waals surface area contributed by atoms with Crippen LogP contribution in [0.15, 0.2) is 48.5 Å². The minimum absolute atomic E-state index is 0.155. The average Bonchev–Trinajstić information content (AvgIpc) is 3.05. The van der Waals surface area contributed by atoms with Gasteiger partial charge in [-0.1, -0.05) is 90.1 Å². The van der Waals surface area contributed by atoms with Crippen LogP contribution in [0.2, 0.25) is 0 Å². The molecule has 2 aliphatic heterocycles. The Hall–Kier alpha value is -1.10. The summed E-state index contributed by atoms with van der Waals surface area (Å²) >= 11 is 0. The van der Waals surface area contributed by atoms with E-state index in [1.807, 2.05) is 24.3 Å². The van der Waals surface area contributed by atoms with Crippen molar-refractivity contribution in [3.8, 4) is 0 Å². The average molecular weight is 414 g/mol. The van der Waals surface area contributed by atoms with Crippen molar-refractivity contribution in [2.75, 3.05) is 0 Å². The van der Waals surface area contributed by atoms with Crippen molar-refractivity contribution < 1.29 is 9.13 Å². The van der Waals surface area contributed by atoms with E-state index in [-0.39, 0.29) is 21.6 Å². The largest absolute Gasteiger partial charge is 0.322 e. The maximum absolute atomic E-state index is 14.7. The van der Waals surface area contributed by atoms with Crippen molar-refractivity contribution in [3.05, 3.63) is 70.8 Å². The molecule has 0 saturated carbocycles. The number of benzene rings is 2. The van der Waals surface area contributed by atoms with Crippen molar-refractivity contribution in [1.82, 2.24) is 0 Å². The number of hydrogen-bond donors (Lipinski definition) is 0. The fraction of sp³-hybridized carbons (Fsp3) is 0.500. The van der Waals surface area contributed by atoms with Gasteiger partial charge in [-0.25, -0.2) is 0 Å². The first-order valence-electron chi connectivity index (χ1n) is 10.2. The molecule has 0 fully saturated rings. The Morgan fingerprint density at radius 3 is 1.29 bits per heavy atom. The zero-order valence-corrected chi connectivity index (χ0v) is 19.7. The lowest BCUT2D eigenvalue weighted by Gasteiger charge is -2.42. The van der Waals surface area contributed by atoms with Gasteiger partial charge in [-0.2, -0.15) is 0 Å². The molecule has 0 amide bonds. The highest BCUT2D eigenvalue weighted by Gasteiger charge is 2.60. The lowest BCUT2D eigenvalue weighted by atomic mass is 9.98. The topological polar surface area (TPSA) is 34.1 Å². The molecule has 0 saturated heterocycles. The Bertz CT molecular complexity index is 940. The first kappa shape index (κ1) is 20.2. The molecule has 0 bridgehead atoms. The number of hydrogen-bond acceptors (Lipinski definition) is 2. The van der Waals surface area contributed by atoms with E-state index in [0.29, 0.717) is 12.3 Å². The van der Waals surface area contributed by atoms with Gasteiger partial charge in [0.1, 0.15) is 14.3 Å². The third-order valence-electron chi connectivity index (χ3n) is 7.03. The van der Waals surface area contributed by atoms with Gasteiger partial charge < -0.3 is 9.13 Å². The van der Waals surface area contributed by atoms with Gasteiger partial charge in [0.05, 0.1) is 11.3 Å². The summed E-state index contributed by atoms with van der Waals surface area (Å²) in [5.74, 6) is 0. The third kappa shape index (κ3) is 2.68. The standard InChI is InChI=1S/C24H32O2P2/c1-23(2,3)27(25)15-17-11-7-9-13-19(17)21(27)22-20-14-10-8-12-18(20)16-28(22,26)24(4,5)6/h7-14,21-22H,15-16H2,1-6H3/t21-,22-,27?,28?/m0/s1. The van der Waals surface area contributed by atoms with Crippen molar-refractivity contribution in [2.45, 2.75) is 75.5 Å². The quantitative estimate of drug-likeness (QED) is 0.446. The molecule has 4 heteroatoms. The molecule has 2 nitrogen and oxygen atoms in total. The molecule has 0 aliphatic carbocycles. The Labute approximate surface area is 169 Å². The zero-order chi connectivity index (χ0) is 20.5. The molecular formula is C24H32O2P2. The van der Waals surface area contributed by atoms with Crippen LogP contribution in [-0.2, 0) is 21.5 Å². The molecule has 2 aliphatic rings. The Morgan fingerprint density at radius 1 is 0.643 bits per heavy atom. The van der Waals surface area contributed by atoms with Gasteiger partial charge >= 0.3 is 0 Å². The molecule has 2 heterocycles. The Balaban J connectivity index is 2.03. The lowest BCUT2D eigenvalue weighted by Crippen LogP contribution is -2.24. The van der Waals surface area contributed by atoms with Gasteiger partial charge in [-0.15, -0.1) is 0 Å². The van der Waals surface area contributed by atoms with Crippen molar-refractivity contribution in [2.24, 2.45) is 0 Å².